The van der Waals surface area contributed by atoms with E-state index in [4.69, 9.17) is 23.2 Å². The van der Waals surface area contributed by atoms with Crippen LogP contribution in [0.25, 0.3) is 0 Å². The second-order valence-electron chi connectivity index (χ2n) is 4.15. The van der Waals surface area contributed by atoms with Gasteiger partial charge in [0, 0.05) is 17.8 Å². The largest absolute Gasteiger partial charge is 0.268 e. The Balaban J connectivity index is 2.28. The van der Waals surface area contributed by atoms with Crippen LogP contribution in [0.4, 0.5) is 0 Å². The van der Waals surface area contributed by atoms with Crippen LogP contribution in [0.3, 0.4) is 0 Å². The quantitative estimate of drug-likeness (QED) is 0.742. The summed E-state index contributed by atoms with van der Waals surface area (Å²) in [5.41, 5.74) is 1.15. The summed E-state index contributed by atoms with van der Waals surface area (Å²) in [7, 11) is 0. The Kier molecular flexibility index (Phi) is 3.57. The number of rotatable bonds is 3. The molecule has 0 aliphatic heterocycles. The topological polar surface area (TPSA) is 17.8 Å². The molecule has 0 amide bonds. The third-order valence-corrected chi connectivity index (χ3v) is 3.87. The summed E-state index contributed by atoms with van der Waals surface area (Å²) in [6.07, 6.45) is 6.26. The van der Waals surface area contributed by atoms with Gasteiger partial charge < -0.3 is 0 Å². The number of hydrogen-bond acceptors (Lipinski definition) is 1. The van der Waals surface area contributed by atoms with Gasteiger partial charge >= 0.3 is 0 Å². The summed E-state index contributed by atoms with van der Waals surface area (Å²) < 4.78 is 2.02. The third-order valence-electron chi connectivity index (χ3n) is 3.05. The van der Waals surface area contributed by atoms with Crippen molar-refractivity contribution >= 4 is 23.2 Å². The van der Waals surface area contributed by atoms with Crippen molar-refractivity contribution in [1.82, 2.24) is 9.78 Å². The maximum Gasteiger partial charge on any atom is 0.0821 e. The number of nitrogens with zero attached hydrogens (tertiary/aromatic N) is 2. The lowest BCUT2D eigenvalue weighted by Crippen LogP contribution is -2.13. The molecule has 2 atom stereocenters. The van der Waals surface area contributed by atoms with Crippen molar-refractivity contribution in [1.29, 1.82) is 0 Å². The van der Waals surface area contributed by atoms with Crippen LogP contribution >= 0.6 is 23.2 Å². The smallest absolute Gasteiger partial charge is 0.0821 e. The standard InChI is InChI=1S/C11H16Cl2N2/c1-2-6-15-11(10(13)7-14-15)8-4-3-5-9(8)12/h7-9H,2-6H2,1H3. The Morgan fingerprint density at radius 2 is 2.33 bits per heavy atom. The van der Waals surface area contributed by atoms with Crippen LogP contribution < -0.4 is 0 Å². The fourth-order valence-corrected chi connectivity index (χ4v) is 3.03. The van der Waals surface area contributed by atoms with E-state index in [1.165, 1.54) is 6.42 Å². The van der Waals surface area contributed by atoms with Crippen molar-refractivity contribution in [2.45, 2.75) is 50.4 Å². The van der Waals surface area contributed by atoms with Crippen LogP contribution in [0.1, 0.15) is 44.2 Å². The molecule has 2 rings (SSSR count). The molecule has 1 saturated carbocycles. The monoisotopic (exact) mass is 246 g/mol. The van der Waals surface area contributed by atoms with Crippen LogP contribution in [0.2, 0.25) is 5.02 Å². The molecular weight excluding hydrogens is 231 g/mol. The first-order valence-electron chi connectivity index (χ1n) is 5.59. The van der Waals surface area contributed by atoms with E-state index < -0.39 is 0 Å². The molecular formula is C11H16Cl2N2. The van der Waals surface area contributed by atoms with Crippen molar-refractivity contribution in [3.8, 4) is 0 Å². The molecule has 0 radical (unpaired) electrons. The highest BCUT2D eigenvalue weighted by Crippen LogP contribution is 2.40. The van der Waals surface area contributed by atoms with Crippen LogP contribution in [-0.4, -0.2) is 15.2 Å². The summed E-state index contributed by atoms with van der Waals surface area (Å²) >= 11 is 12.5. The number of hydrogen-bond donors (Lipinski definition) is 0. The minimum absolute atomic E-state index is 0.231. The Hall–Kier alpha value is -0.210. The maximum atomic E-state index is 6.31. The zero-order chi connectivity index (χ0) is 10.8. The third kappa shape index (κ3) is 2.16. The Labute approximate surface area is 101 Å². The highest BCUT2D eigenvalue weighted by molar-refractivity contribution is 6.31. The fourth-order valence-electron chi connectivity index (χ4n) is 2.35. The molecule has 15 heavy (non-hydrogen) atoms. The average molecular weight is 247 g/mol. The van der Waals surface area contributed by atoms with E-state index in [0.29, 0.717) is 5.92 Å². The molecule has 1 aliphatic carbocycles. The van der Waals surface area contributed by atoms with Crippen molar-refractivity contribution in [2.24, 2.45) is 0 Å². The van der Waals surface area contributed by atoms with Crippen molar-refractivity contribution < 1.29 is 0 Å². The average Bonchev–Trinajstić information content (AvgIpc) is 2.75. The summed E-state index contributed by atoms with van der Waals surface area (Å²) in [5, 5.41) is 5.32. The lowest BCUT2D eigenvalue weighted by molar-refractivity contribution is 0.539. The lowest BCUT2D eigenvalue weighted by atomic mass is 10.0. The molecule has 1 fully saturated rings. The zero-order valence-electron chi connectivity index (χ0n) is 8.92. The van der Waals surface area contributed by atoms with Gasteiger partial charge in [-0.1, -0.05) is 24.9 Å². The van der Waals surface area contributed by atoms with E-state index in [1.807, 2.05) is 4.68 Å². The molecule has 2 nitrogen and oxygen atoms in total. The summed E-state index contributed by atoms with van der Waals surface area (Å²) in [4.78, 5) is 0. The zero-order valence-corrected chi connectivity index (χ0v) is 10.4. The van der Waals surface area contributed by atoms with Gasteiger partial charge in [0.25, 0.3) is 0 Å². The molecule has 0 N–H and O–H groups in total. The van der Waals surface area contributed by atoms with Gasteiger partial charge in [-0.3, -0.25) is 4.68 Å². The molecule has 0 spiro atoms. The van der Waals surface area contributed by atoms with Crippen LogP contribution in [0.5, 0.6) is 0 Å². The number of halogens is 2. The highest BCUT2D eigenvalue weighted by atomic mass is 35.5. The summed E-state index contributed by atoms with van der Waals surface area (Å²) in [6, 6.07) is 0. The number of aryl methyl sites for hydroxylation is 1. The molecule has 1 heterocycles. The molecule has 1 aromatic heterocycles. The van der Waals surface area contributed by atoms with Gasteiger partial charge in [-0.05, 0) is 19.3 Å². The van der Waals surface area contributed by atoms with Crippen LogP contribution in [-0.2, 0) is 6.54 Å². The maximum absolute atomic E-state index is 6.31. The Morgan fingerprint density at radius 1 is 1.53 bits per heavy atom. The van der Waals surface area contributed by atoms with Crippen LogP contribution in [0.15, 0.2) is 6.20 Å². The molecule has 84 valence electrons. The van der Waals surface area contributed by atoms with E-state index >= 15 is 0 Å². The molecule has 0 aromatic carbocycles. The molecule has 2 unspecified atom stereocenters. The molecule has 1 aliphatic rings. The van der Waals surface area contributed by atoms with Gasteiger partial charge in [0.2, 0.25) is 0 Å². The van der Waals surface area contributed by atoms with E-state index in [-0.39, 0.29) is 5.38 Å². The van der Waals surface area contributed by atoms with Gasteiger partial charge in [0.15, 0.2) is 0 Å². The first-order chi connectivity index (χ1) is 7.24. The fraction of sp³-hybridized carbons (Fsp3) is 0.727. The SMILES string of the molecule is CCCn1ncc(Cl)c1C1CCCC1Cl. The predicted octanol–water partition coefficient (Wildman–Crippen LogP) is 3.82. The van der Waals surface area contributed by atoms with Gasteiger partial charge in [0.1, 0.15) is 0 Å². The molecule has 4 heteroatoms. The van der Waals surface area contributed by atoms with Crippen molar-refractivity contribution in [2.75, 3.05) is 0 Å². The lowest BCUT2D eigenvalue weighted by Gasteiger charge is -2.16. The minimum atomic E-state index is 0.231. The van der Waals surface area contributed by atoms with Crippen LogP contribution in [0, 0.1) is 0 Å². The van der Waals surface area contributed by atoms with Crippen molar-refractivity contribution in [3.05, 3.63) is 16.9 Å². The van der Waals surface area contributed by atoms with Gasteiger partial charge in [0.05, 0.1) is 16.9 Å². The normalized spacial score (nSPS) is 26.1. The van der Waals surface area contributed by atoms with E-state index in [1.54, 1.807) is 6.20 Å². The Bertz CT molecular complexity index is 335. The molecule has 0 saturated heterocycles. The van der Waals surface area contributed by atoms with E-state index in [2.05, 4.69) is 12.0 Å². The predicted molar refractivity (Wildman–Crippen MR) is 63.8 cm³/mol. The summed E-state index contributed by atoms with van der Waals surface area (Å²) in [6.45, 7) is 3.08. The van der Waals surface area contributed by atoms with E-state index in [0.717, 1.165) is 36.5 Å². The second-order valence-corrected chi connectivity index (χ2v) is 5.12. The van der Waals surface area contributed by atoms with Gasteiger partial charge in [-0.2, -0.15) is 5.10 Å². The second kappa shape index (κ2) is 4.75. The molecule has 0 bridgehead atoms. The number of alkyl halides is 1. The highest BCUT2D eigenvalue weighted by Gasteiger charge is 2.31. The Morgan fingerprint density at radius 3 is 2.93 bits per heavy atom. The van der Waals surface area contributed by atoms with Gasteiger partial charge in [-0.15, -0.1) is 11.6 Å². The number of aromatic nitrogens is 2. The van der Waals surface area contributed by atoms with E-state index in [9.17, 15) is 0 Å². The summed E-state index contributed by atoms with van der Waals surface area (Å²) in [5.74, 6) is 0.396. The van der Waals surface area contributed by atoms with Crippen molar-refractivity contribution in [3.63, 3.8) is 0 Å². The molecule has 1 aromatic rings. The minimum Gasteiger partial charge on any atom is -0.268 e. The first-order valence-corrected chi connectivity index (χ1v) is 6.40. The first kappa shape index (κ1) is 11.3. The van der Waals surface area contributed by atoms with Gasteiger partial charge in [-0.25, -0.2) is 0 Å².